The van der Waals surface area contributed by atoms with Crippen LogP contribution in [0, 0.1) is 3.57 Å². The summed E-state index contributed by atoms with van der Waals surface area (Å²) in [5, 5.41) is 14.3. The lowest BCUT2D eigenvalue weighted by Crippen LogP contribution is -2.33. The molecule has 2 amide bonds. The number of carbonyl (C=O) groups excluding carboxylic acids is 2. The van der Waals surface area contributed by atoms with Crippen molar-refractivity contribution in [2.45, 2.75) is 6.61 Å². The average Bonchev–Trinajstić information content (AvgIpc) is 2.53. The van der Waals surface area contributed by atoms with E-state index < -0.39 is 0 Å². The van der Waals surface area contributed by atoms with E-state index in [9.17, 15) is 9.59 Å². The predicted octanol–water partition coefficient (Wildman–Crippen LogP) is 2.15. The first-order chi connectivity index (χ1) is 10.6. The van der Waals surface area contributed by atoms with Gasteiger partial charge in [-0.15, -0.1) is 0 Å². The second kappa shape index (κ2) is 7.90. The maximum atomic E-state index is 12.0. The fraction of sp³-hybridized carbons (Fsp3) is 0.125. The van der Waals surface area contributed by atoms with Crippen LogP contribution in [0.2, 0.25) is 0 Å². The van der Waals surface area contributed by atoms with Crippen LogP contribution in [0.4, 0.5) is 5.69 Å². The molecule has 0 saturated carbocycles. The first-order valence-electron chi connectivity index (χ1n) is 6.62. The molecule has 0 aliphatic carbocycles. The molecule has 2 aromatic carbocycles. The van der Waals surface area contributed by atoms with Crippen LogP contribution in [0.1, 0.15) is 15.9 Å². The van der Waals surface area contributed by atoms with E-state index in [-0.39, 0.29) is 25.0 Å². The van der Waals surface area contributed by atoms with Gasteiger partial charge in [-0.2, -0.15) is 0 Å². The summed E-state index contributed by atoms with van der Waals surface area (Å²) in [6.07, 6.45) is 0. The molecule has 0 aliphatic heterocycles. The van der Waals surface area contributed by atoms with Gasteiger partial charge in [-0.1, -0.05) is 24.3 Å². The summed E-state index contributed by atoms with van der Waals surface area (Å²) >= 11 is 2.07. The third kappa shape index (κ3) is 4.54. The van der Waals surface area contributed by atoms with Crippen LogP contribution in [0.15, 0.2) is 48.5 Å². The summed E-state index contributed by atoms with van der Waals surface area (Å²) in [7, 11) is 0. The predicted molar refractivity (Wildman–Crippen MR) is 92.5 cm³/mol. The van der Waals surface area contributed by atoms with Gasteiger partial charge >= 0.3 is 0 Å². The minimum atomic E-state index is -0.325. The van der Waals surface area contributed by atoms with Crippen molar-refractivity contribution in [3.8, 4) is 0 Å². The normalized spacial score (nSPS) is 10.1. The molecule has 0 radical (unpaired) electrons. The van der Waals surface area contributed by atoms with E-state index in [2.05, 4.69) is 33.2 Å². The highest BCUT2D eigenvalue weighted by Crippen LogP contribution is 2.12. The Labute approximate surface area is 141 Å². The Hall–Kier alpha value is -1.93. The monoisotopic (exact) mass is 410 g/mol. The molecule has 0 aromatic heterocycles. The number of aliphatic hydroxyl groups excluding tert-OH is 1. The maximum Gasteiger partial charge on any atom is 0.252 e. The molecule has 0 heterocycles. The van der Waals surface area contributed by atoms with Gasteiger partial charge in [-0.3, -0.25) is 9.59 Å². The van der Waals surface area contributed by atoms with Gasteiger partial charge in [0.2, 0.25) is 5.91 Å². The Balaban J connectivity index is 1.90. The van der Waals surface area contributed by atoms with Crippen molar-refractivity contribution in [3.63, 3.8) is 0 Å². The third-order valence-electron chi connectivity index (χ3n) is 2.92. The quantitative estimate of drug-likeness (QED) is 0.662. The molecular weight excluding hydrogens is 395 g/mol. The first-order valence-corrected chi connectivity index (χ1v) is 7.70. The van der Waals surface area contributed by atoms with E-state index >= 15 is 0 Å². The van der Waals surface area contributed by atoms with Crippen molar-refractivity contribution in [3.05, 3.63) is 63.2 Å². The van der Waals surface area contributed by atoms with Gasteiger partial charge in [0.15, 0.2) is 0 Å². The summed E-state index contributed by atoms with van der Waals surface area (Å²) in [5.74, 6) is -0.612. The van der Waals surface area contributed by atoms with E-state index in [0.29, 0.717) is 16.8 Å². The summed E-state index contributed by atoms with van der Waals surface area (Å²) < 4.78 is 0.827. The molecule has 0 aliphatic rings. The van der Waals surface area contributed by atoms with Crippen LogP contribution >= 0.6 is 22.6 Å². The zero-order chi connectivity index (χ0) is 15.9. The standard InChI is InChI=1S/C16H15IN2O3/c17-14-7-2-1-6-13(14)16(22)18-9-15(21)19-12-5-3-4-11(8-12)10-20/h1-8,20H,9-10H2,(H,18,22)(H,19,21). The second-order valence-corrected chi connectivity index (χ2v) is 5.73. The highest BCUT2D eigenvalue weighted by Gasteiger charge is 2.10. The first kappa shape index (κ1) is 16.4. The van der Waals surface area contributed by atoms with Crippen molar-refractivity contribution in [1.29, 1.82) is 0 Å². The van der Waals surface area contributed by atoms with E-state index in [1.165, 1.54) is 0 Å². The number of amides is 2. The van der Waals surface area contributed by atoms with Gasteiger partial charge < -0.3 is 15.7 Å². The molecule has 0 spiro atoms. The number of halogens is 1. The second-order valence-electron chi connectivity index (χ2n) is 4.57. The Kier molecular flexibility index (Phi) is 5.91. The van der Waals surface area contributed by atoms with Crippen molar-refractivity contribution in [2.24, 2.45) is 0 Å². The minimum Gasteiger partial charge on any atom is -0.392 e. The number of aliphatic hydroxyl groups is 1. The number of rotatable bonds is 5. The SMILES string of the molecule is O=C(CNC(=O)c1ccccc1I)Nc1cccc(CO)c1. The van der Waals surface area contributed by atoms with Crippen molar-refractivity contribution < 1.29 is 14.7 Å². The van der Waals surface area contributed by atoms with Crippen LogP contribution in [-0.2, 0) is 11.4 Å². The Morgan fingerprint density at radius 1 is 1.09 bits per heavy atom. The van der Waals surface area contributed by atoms with Crippen molar-refractivity contribution in [1.82, 2.24) is 5.32 Å². The lowest BCUT2D eigenvalue weighted by molar-refractivity contribution is -0.115. The lowest BCUT2D eigenvalue weighted by Gasteiger charge is -2.08. The van der Waals surface area contributed by atoms with Gasteiger partial charge in [-0.25, -0.2) is 0 Å². The molecule has 0 saturated heterocycles. The number of benzene rings is 2. The van der Waals surface area contributed by atoms with Crippen LogP contribution in [0.25, 0.3) is 0 Å². The number of carbonyl (C=O) groups is 2. The highest BCUT2D eigenvalue weighted by atomic mass is 127. The fourth-order valence-electron chi connectivity index (χ4n) is 1.85. The van der Waals surface area contributed by atoms with Crippen LogP contribution in [-0.4, -0.2) is 23.5 Å². The van der Waals surface area contributed by atoms with Gasteiger partial charge in [0, 0.05) is 9.26 Å². The molecular formula is C16H15IN2O3. The van der Waals surface area contributed by atoms with Crippen LogP contribution in [0.5, 0.6) is 0 Å². The summed E-state index contributed by atoms with van der Waals surface area (Å²) in [6.45, 7) is -0.208. The molecule has 0 bridgehead atoms. The number of anilines is 1. The zero-order valence-corrected chi connectivity index (χ0v) is 13.8. The van der Waals surface area contributed by atoms with E-state index in [4.69, 9.17) is 5.11 Å². The van der Waals surface area contributed by atoms with Gasteiger partial charge in [0.25, 0.3) is 5.91 Å². The fourth-order valence-corrected chi connectivity index (χ4v) is 2.49. The molecule has 2 rings (SSSR count). The zero-order valence-electron chi connectivity index (χ0n) is 11.7. The smallest absolute Gasteiger partial charge is 0.252 e. The number of nitrogens with one attached hydrogen (secondary N) is 2. The summed E-state index contributed by atoms with van der Waals surface area (Å²) in [4.78, 5) is 23.8. The molecule has 5 nitrogen and oxygen atoms in total. The molecule has 22 heavy (non-hydrogen) atoms. The Morgan fingerprint density at radius 2 is 1.86 bits per heavy atom. The van der Waals surface area contributed by atoms with Crippen molar-refractivity contribution >= 4 is 40.1 Å². The number of hydrogen-bond donors (Lipinski definition) is 3. The molecule has 3 N–H and O–H groups in total. The maximum absolute atomic E-state index is 12.0. The van der Waals surface area contributed by atoms with Crippen LogP contribution in [0.3, 0.4) is 0 Å². The van der Waals surface area contributed by atoms with E-state index in [0.717, 1.165) is 3.57 Å². The van der Waals surface area contributed by atoms with Crippen molar-refractivity contribution in [2.75, 3.05) is 11.9 Å². The molecule has 2 aromatic rings. The Bertz CT molecular complexity index is 689. The topological polar surface area (TPSA) is 78.4 Å². The lowest BCUT2D eigenvalue weighted by atomic mass is 10.2. The van der Waals surface area contributed by atoms with E-state index in [1.807, 2.05) is 12.1 Å². The van der Waals surface area contributed by atoms with Gasteiger partial charge in [0.1, 0.15) is 0 Å². The average molecular weight is 410 g/mol. The molecule has 0 unspecified atom stereocenters. The molecule has 0 fully saturated rings. The Morgan fingerprint density at radius 3 is 2.59 bits per heavy atom. The molecule has 0 atom stereocenters. The largest absolute Gasteiger partial charge is 0.392 e. The van der Waals surface area contributed by atoms with Gasteiger partial charge in [-0.05, 0) is 52.4 Å². The van der Waals surface area contributed by atoms with E-state index in [1.54, 1.807) is 36.4 Å². The summed E-state index contributed by atoms with van der Waals surface area (Å²) in [6, 6.07) is 14.1. The third-order valence-corrected chi connectivity index (χ3v) is 3.86. The molecule has 114 valence electrons. The highest BCUT2D eigenvalue weighted by molar-refractivity contribution is 14.1. The minimum absolute atomic E-state index is 0.0904. The number of hydrogen-bond acceptors (Lipinski definition) is 3. The van der Waals surface area contributed by atoms with Gasteiger partial charge in [0.05, 0.1) is 18.7 Å². The molecule has 6 heteroatoms. The van der Waals surface area contributed by atoms with Crippen LogP contribution < -0.4 is 10.6 Å². The summed E-state index contributed by atoms with van der Waals surface area (Å²) in [5.41, 5.74) is 1.83.